The lowest BCUT2D eigenvalue weighted by atomic mass is 9.95. The molecule has 1 rings (SSSR count). The highest BCUT2D eigenvalue weighted by atomic mass is 16.4. The van der Waals surface area contributed by atoms with Crippen molar-refractivity contribution < 1.29 is 15.0 Å². The van der Waals surface area contributed by atoms with E-state index in [1.165, 1.54) is 10.9 Å². The summed E-state index contributed by atoms with van der Waals surface area (Å²) in [6.45, 7) is 5.44. The fourth-order valence-corrected chi connectivity index (χ4v) is 1.61. The average Bonchev–Trinajstić information content (AvgIpc) is 2.78. The molecule has 3 N–H and O–H groups in total. The Bertz CT molecular complexity index is 393. The van der Waals surface area contributed by atoms with Gasteiger partial charge in [-0.05, 0) is 19.8 Å². The molecule has 0 bridgehead atoms. The predicted molar refractivity (Wildman–Crippen MR) is 65.4 cm³/mol. The van der Waals surface area contributed by atoms with Crippen molar-refractivity contribution in [2.45, 2.75) is 38.8 Å². The van der Waals surface area contributed by atoms with Crippen LogP contribution in [-0.2, 0) is 6.54 Å². The van der Waals surface area contributed by atoms with E-state index in [4.69, 9.17) is 10.2 Å². The summed E-state index contributed by atoms with van der Waals surface area (Å²) in [6, 6.07) is 0. The number of carbonyl (C=O) groups is 1. The Kier molecular flexibility index (Phi) is 5.24. The molecule has 7 heteroatoms. The smallest absolute Gasteiger partial charge is 0.358 e. The number of aromatic carboxylic acids is 1. The lowest BCUT2D eigenvalue weighted by Crippen LogP contribution is -2.44. The van der Waals surface area contributed by atoms with Gasteiger partial charge in [-0.3, -0.25) is 4.68 Å². The van der Waals surface area contributed by atoms with Crippen molar-refractivity contribution in [3.8, 4) is 0 Å². The zero-order chi connectivity index (χ0) is 13.6. The molecule has 1 aromatic rings. The summed E-state index contributed by atoms with van der Waals surface area (Å²) in [5, 5.41) is 28.3. The monoisotopic (exact) mass is 256 g/mol. The van der Waals surface area contributed by atoms with Crippen LogP contribution in [0.25, 0.3) is 0 Å². The van der Waals surface area contributed by atoms with E-state index >= 15 is 0 Å². The Balaban J connectivity index is 2.42. The van der Waals surface area contributed by atoms with Gasteiger partial charge in [-0.15, -0.1) is 5.10 Å². The summed E-state index contributed by atoms with van der Waals surface area (Å²) in [5.74, 6) is -1.08. The Morgan fingerprint density at radius 1 is 1.61 bits per heavy atom. The van der Waals surface area contributed by atoms with Gasteiger partial charge in [0, 0.05) is 18.7 Å². The summed E-state index contributed by atoms with van der Waals surface area (Å²) < 4.78 is 1.49. The normalized spacial score (nSPS) is 14.4. The lowest BCUT2D eigenvalue weighted by molar-refractivity contribution is 0.0690. The standard InChI is InChI=1S/C11H20N4O3/c1-3-11(2,4-7-16)12-5-6-15-8-9(10(17)18)13-14-15/h8,12,16H,3-7H2,1-2H3,(H,17,18). The molecule has 0 saturated carbocycles. The Morgan fingerprint density at radius 2 is 2.33 bits per heavy atom. The Hall–Kier alpha value is -1.47. The number of carboxylic acid groups (broad SMARTS) is 1. The maximum absolute atomic E-state index is 10.6. The minimum Gasteiger partial charge on any atom is -0.476 e. The zero-order valence-corrected chi connectivity index (χ0v) is 10.8. The SMILES string of the molecule is CCC(C)(CCO)NCCn1cc(C(=O)O)nn1. The van der Waals surface area contributed by atoms with Crippen LogP contribution in [0.4, 0.5) is 0 Å². The van der Waals surface area contributed by atoms with Gasteiger partial charge < -0.3 is 15.5 Å². The molecular weight excluding hydrogens is 236 g/mol. The van der Waals surface area contributed by atoms with Crippen LogP contribution in [-0.4, -0.2) is 49.9 Å². The second-order valence-corrected chi connectivity index (χ2v) is 4.49. The van der Waals surface area contributed by atoms with Crippen LogP contribution in [0.15, 0.2) is 6.20 Å². The number of aliphatic hydroxyl groups excluding tert-OH is 1. The molecule has 1 unspecified atom stereocenters. The van der Waals surface area contributed by atoms with E-state index in [2.05, 4.69) is 22.6 Å². The lowest BCUT2D eigenvalue weighted by Gasteiger charge is -2.29. The van der Waals surface area contributed by atoms with Crippen molar-refractivity contribution in [3.05, 3.63) is 11.9 Å². The first-order valence-electron chi connectivity index (χ1n) is 6.00. The number of aromatic nitrogens is 3. The first-order chi connectivity index (χ1) is 8.50. The van der Waals surface area contributed by atoms with Crippen molar-refractivity contribution in [3.63, 3.8) is 0 Å². The molecule has 0 spiro atoms. The van der Waals surface area contributed by atoms with E-state index < -0.39 is 5.97 Å². The molecule has 7 nitrogen and oxygen atoms in total. The van der Waals surface area contributed by atoms with Crippen molar-refractivity contribution >= 4 is 5.97 Å². The molecule has 18 heavy (non-hydrogen) atoms. The maximum atomic E-state index is 10.6. The molecule has 0 radical (unpaired) electrons. The summed E-state index contributed by atoms with van der Waals surface area (Å²) in [4.78, 5) is 10.6. The highest BCUT2D eigenvalue weighted by molar-refractivity contribution is 5.84. The van der Waals surface area contributed by atoms with Crippen LogP contribution in [0.1, 0.15) is 37.2 Å². The van der Waals surface area contributed by atoms with Crippen molar-refractivity contribution in [1.29, 1.82) is 0 Å². The molecule has 0 amide bonds. The summed E-state index contributed by atoms with van der Waals surface area (Å²) >= 11 is 0. The highest BCUT2D eigenvalue weighted by Gasteiger charge is 2.20. The molecule has 0 aliphatic carbocycles. The van der Waals surface area contributed by atoms with Gasteiger partial charge >= 0.3 is 5.97 Å². The quantitative estimate of drug-likeness (QED) is 0.610. The first kappa shape index (κ1) is 14.6. The van der Waals surface area contributed by atoms with Gasteiger partial charge in [-0.2, -0.15) is 0 Å². The average molecular weight is 256 g/mol. The highest BCUT2D eigenvalue weighted by Crippen LogP contribution is 2.13. The number of nitrogens with zero attached hydrogens (tertiary/aromatic N) is 3. The molecule has 0 fully saturated rings. The largest absolute Gasteiger partial charge is 0.476 e. The second kappa shape index (κ2) is 6.46. The molecule has 0 aliphatic heterocycles. The van der Waals surface area contributed by atoms with Gasteiger partial charge in [0.25, 0.3) is 0 Å². The van der Waals surface area contributed by atoms with Crippen LogP contribution in [0.2, 0.25) is 0 Å². The molecule has 1 heterocycles. The van der Waals surface area contributed by atoms with E-state index in [0.717, 1.165) is 6.42 Å². The third kappa shape index (κ3) is 4.08. The van der Waals surface area contributed by atoms with Gasteiger partial charge in [-0.25, -0.2) is 4.79 Å². The molecule has 1 aromatic heterocycles. The topological polar surface area (TPSA) is 100 Å². The fraction of sp³-hybridized carbons (Fsp3) is 0.727. The summed E-state index contributed by atoms with van der Waals surface area (Å²) in [5.41, 5.74) is -0.158. The first-order valence-corrected chi connectivity index (χ1v) is 6.00. The molecule has 0 aliphatic rings. The summed E-state index contributed by atoms with van der Waals surface area (Å²) in [7, 11) is 0. The third-order valence-corrected chi connectivity index (χ3v) is 3.09. The molecule has 0 aromatic carbocycles. The number of aliphatic hydroxyl groups is 1. The van der Waals surface area contributed by atoms with Gasteiger partial charge in [0.15, 0.2) is 5.69 Å². The molecule has 102 valence electrons. The number of nitrogens with one attached hydrogen (secondary N) is 1. The molecule has 1 atom stereocenters. The zero-order valence-electron chi connectivity index (χ0n) is 10.8. The maximum Gasteiger partial charge on any atom is 0.358 e. The van der Waals surface area contributed by atoms with Gasteiger partial charge in [-0.1, -0.05) is 12.1 Å². The van der Waals surface area contributed by atoms with E-state index in [0.29, 0.717) is 19.5 Å². The van der Waals surface area contributed by atoms with Crippen molar-refractivity contribution in [2.24, 2.45) is 0 Å². The van der Waals surface area contributed by atoms with E-state index in [-0.39, 0.29) is 17.8 Å². The molecule has 0 saturated heterocycles. The summed E-state index contributed by atoms with van der Waals surface area (Å²) in [6.07, 6.45) is 2.99. The Labute approximate surface area is 106 Å². The van der Waals surface area contributed by atoms with Gasteiger partial charge in [0.1, 0.15) is 0 Å². The third-order valence-electron chi connectivity index (χ3n) is 3.09. The number of rotatable bonds is 8. The van der Waals surface area contributed by atoms with Crippen LogP contribution < -0.4 is 5.32 Å². The van der Waals surface area contributed by atoms with E-state index in [1.54, 1.807) is 0 Å². The van der Waals surface area contributed by atoms with E-state index in [9.17, 15) is 4.79 Å². The fourth-order valence-electron chi connectivity index (χ4n) is 1.61. The van der Waals surface area contributed by atoms with Crippen LogP contribution >= 0.6 is 0 Å². The van der Waals surface area contributed by atoms with E-state index in [1.807, 2.05) is 6.92 Å². The van der Waals surface area contributed by atoms with Crippen LogP contribution in [0.5, 0.6) is 0 Å². The minimum atomic E-state index is -1.08. The van der Waals surface area contributed by atoms with Crippen LogP contribution in [0.3, 0.4) is 0 Å². The Morgan fingerprint density at radius 3 is 2.83 bits per heavy atom. The molecular formula is C11H20N4O3. The predicted octanol–water partition coefficient (Wildman–Crippen LogP) is 0.117. The van der Waals surface area contributed by atoms with Crippen molar-refractivity contribution in [2.75, 3.05) is 13.2 Å². The minimum absolute atomic E-state index is 0.0522. The number of carboxylic acids is 1. The number of hydrogen-bond acceptors (Lipinski definition) is 5. The second-order valence-electron chi connectivity index (χ2n) is 4.49. The van der Waals surface area contributed by atoms with Gasteiger partial charge in [0.2, 0.25) is 0 Å². The van der Waals surface area contributed by atoms with Crippen LogP contribution in [0, 0.1) is 0 Å². The van der Waals surface area contributed by atoms with Gasteiger partial charge in [0.05, 0.1) is 12.7 Å². The van der Waals surface area contributed by atoms with Crippen molar-refractivity contribution in [1.82, 2.24) is 20.3 Å². The number of hydrogen-bond donors (Lipinski definition) is 3.